The summed E-state index contributed by atoms with van der Waals surface area (Å²) >= 11 is 0. The molecule has 1 aliphatic heterocycles. The maximum absolute atomic E-state index is 14.2. The van der Waals surface area contributed by atoms with Crippen LogP contribution in [0.5, 0.6) is 0 Å². The molecule has 3 aromatic rings. The number of alkyl halides is 1. The Morgan fingerprint density at radius 3 is 2.93 bits per heavy atom. The van der Waals surface area contributed by atoms with Crippen LogP contribution < -0.4 is 10.2 Å². The lowest BCUT2D eigenvalue weighted by Crippen LogP contribution is -2.44. The highest BCUT2D eigenvalue weighted by molar-refractivity contribution is 5.77. The number of ether oxygens (including phenoxy) is 1. The normalized spacial score (nSPS) is 17.1. The summed E-state index contributed by atoms with van der Waals surface area (Å²) < 4.78 is 21.5. The van der Waals surface area contributed by atoms with E-state index in [0.717, 1.165) is 29.2 Å². The molecule has 1 aliphatic rings. The van der Waals surface area contributed by atoms with Crippen molar-refractivity contribution >= 4 is 17.5 Å². The molecule has 28 heavy (non-hydrogen) atoms. The highest BCUT2D eigenvalue weighted by Crippen LogP contribution is 2.35. The van der Waals surface area contributed by atoms with Crippen molar-refractivity contribution in [3.8, 4) is 11.3 Å². The molecule has 0 amide bonds. The van der Waals surface area contributed by atoms with Gasteiger partial charge in [-0.3, -0.25) is 9.78 Å². The minimum Gasteiger partial charge on any atom is -0.377 e. The van der Waals surface area contributed by atoms with Gasteiger partial charge in [-0.1, -0.05) is 0 Å². The zero-order valence-corrected chi connectivity index (χ0v) is 16.2. The number of aromatic amines is 1. The van der Waals surface area contributed by atoms with Gasteiger partial charge >= 0.3 is 0 Å². The van der Waals surface area contributed by atoms with E-state index in [1.54, 1.807) is 23.1 Å². The number of hydrogen-bond acceptors (Lipinski definition) is 6. The molecular formula is C19H24FN7O. The Hall–Kier alpha value is -2.94. The van der Waals surface area contributed by atoms with E-state index in [9.17, 15) is 4.39 Å². The molecule has 4 rings (SSSR count). The first-order valence-corrected chi connectivity index (χ1v) is 9.28. The Kier molecular flexibility index (Phi) is 4.99. The van der Waals surface area contributed by atoms with Crippen LogP contribution in [0, 0.1) is 6.92 Å². The summed E-state index contributed by atoms with van der Waals surface area (Å²) in [7, 11) is 1.86. The Balaban J connectivity index is 1.89. The molecule has 0 radical (unpaired) electrons. The summed E-state index contributed by atoms with van der Waals surface area (Å²) in [5, 5.41) is 14.3. The third-order valence-electron chi connectivity index (χ3n) is 5.04. The van der Waals surface area contributed by atoms with E-state index >= 15 is 0 Å². The van der Waals surface area contributed by atoms with E-state index < -0.39 is 6.67 Å². The summed E-state index contributed by atoms with van der Waals surface area (Å²) in [4.78, 5) is 6.96. The Labute approximate surface area is 162 Å². The molecule has 8 nitrogen and oxygen atoms in total. The van der Waals surface area contributed by atoms with E-state index in [0.29, 0.717) is 30.4 Å². The number of pyridine rings is 1. The second kappa shape index (κ2) is 7.59. The van der Waals surface area contributed by atoms with E-state index in [1.807, 2.05) is 20.0 Å². The van der Waals surface area contributed by atoms with Crippen LogP contribution in [0.4, 0.5) is 21.8 Å². The van der Waals surface area contributed by atoms with Gasteiger partial charge in [-0.05, 0) is 25.5 Å². The fourth-order valence-corrected chi connectivity index (χ4v) is 3.61. The molecule has 1 atom stereocenters. The highest BCUT2D eigenvalue weighted by Gasteiger charge is 2.25. The van der Waals surface area contributed by atoms with Crippen molar-refractivity contribution in [2.45, 2.75) is 26.6 Å². The van der Waals surface area contributed by atoms with E-state index in [2.05, 4.69) is 32.4 Å². The quantitative estimate of drug-likeness (QED) is 0.703. The van der Waals surface area contributed by atoms with Gasteiger partial charge in [0.1, 0.15) is 24.1 Å². The molecule has 148 valence electrons. The van der Waals surface area contributed by atoms with Gasteiger partial charge in [-0.2, -0.15) is 10.2 Å². The predicted octanol–water partition coefficient (Wildman–Crippen LogP) is 2.95. The summed E-state index contributed by atoms with van der Waals surface area (Å²) in [5.41, 5.74) is 3.14. The van der Waals surface area contributed by atoms with Crippen LogP contribution in [0.15, 0.2) is 24.5 Å². The molecule has 0 aliphatic carbocycles. The molecule has 4 heterocycles. The maximum Gasteiger partial charge on any atom is 0.140 e. The summed E-state index contributed by atoms with van der Waals surface area (Å²) in [6.45, 7) is 5.43. The number of hydrogen-bond donors (Lipinski definition) is 2. The first-order valence-electron chi connectivity index (χ1n) is 9.28. The number of halogens is 1. The second-order valence-electron chi connectivity index (χ2n) is 7.00. The van der Waals surface area contributed by atoms with Crippen molar-refractivity contribution in [2.24, 2.45) is 7.05 Å². The minimum atomic E-state index is -0.650. The van der Waals surface area contributed by atoms with Crippen LogP contribution in [0.1, 0.15) is 18.1 Å². The number of H-pyrrole nitrogens is 1. The Morgan fingerprint density at radius 2 is 2.29 bits per heavy atom. The molecule has 0 aromatic carbocycles. The molecule has 0 bridgehead atoms. The third kappa shape index (κ3) is 3.33. The largest absolute Gasteiger partial charge is 0.377 e. The molecule has 2 N–H and O–H groups in total. The van der Waals surface area contributed by atoms with Crippen molar-refractivity contribution in [3.63, 3.8) is 0 Å². The lowest BCUT2D eigenvalue weighted by molar-refractivity contribution is 0.0985. The number of rotatable bonds is 5. The fourth-order valence-electron chi connectivity index (χ4n) is 3.61. The van der Waals surface area contributed by atoms with Crippen molar-refractivity contribution in [3.05, 3.63) is 35.7 Å². The Bertz CT molecular complexity index is 934. The van der Waals surface area contributed by atoms with E-state index in [1.165, 1.54) is 0 Å². The van der Waals surface area contributed by atoms with Gasteiger partial charge in [0.2, 0.25) is 0 Å². The van der Waals surface area contributed by atoms with Gasteiger partial charge in [0, 0.05) is 30.8 Å². The van der Waals surface area contributed by atoms with Crippen LogP contribution in [-0.2, 0) is 18.5 Å². The van der Waals surface area contributed by atoms with Crippen LogP contribution in [-0.4, -0.2) is 50.8 Å². The van der Waals surface area contributed by atoms with Gasteiger partial charge in [-0.25, -0.2) is 9.37 Å². The van der Waals surface area contributed by atoms with Crippen molar-refractivity contribution in [2.75, 3.05) is 30.0 Å². The predicted molar refractivity (Wildman–Crippen MR) is 105 cm³/mol. The highest BCUT2D eigenvalue weighted by atomic mass is 19.1. The average molecular weight is 385 g/mol. The smallest absolute Gasteiger partial charge is 0.140 e. The standard InChI is InChI=1S/C19H24FN7O/c1-12-10-22-26(3)18(12)14-8-17(27-6-7-28-11-13(27)2)24-19(15(14)9-20)23-16-4-5-21-25-16/h4-5,8,10,13H,6-7,9,11H2,1-3H3,(H2,21,23,24,25)/t13-/m1/s1. The second-order valence-corrected chi connectivity index (χ2v) is 7.00. The van der Waals surface area contributed by atoms with Crippen LogP contribution in [0.2, 0.25) is 0 Å². The monoisotopic (exact) mass is 385 g/mol. The van der Waals surface area contributed by atoms with Crippen LogP contribution in [0.25, 0.3) is 11.3 Å². The lowest BCUT2D eigenvalue weighted by atomic mass is 10.0. The molecule has 1 saturated heterocycles. The fraction of sp³-hybridized carbons (Fsp3) is 0.421. The Morgan fingerprint density at radius 1 is 1.43 bits per heavy atom. The number of aromatic nitrogens is 5. The van der Waals surface area contributed by atoms with E-state index in [-0.39, 0.29) is 6.04 Å². The number of morpholine rings is 1. The minimum absolute atomic E-state index is 0.179. The zero-order chi connectivity index (χ0) is 19.7. The number of nitrogens with zero attached hydrogens (tertiary/aromatic N) is 5. The summed E-state index contributed by atoms with van der Waals surface area (Å²) in [6.07, 6.45) is 3.42. The van der Waals surface area contributed by atoms with Gasteiger partial charge in [0.15, 0.2) is 0 Å². The molecular weight excluding hydrogens is 361 g/mol. The lowest BCUT2D eigenvalue weighted by Gasteiger charge is -2.35. The molecule has 9 heteroatoms. The molecule has 0 spiro atoms. The topological polar surface area (TPSA) is 83.9 Å². The van der Waals surface area contributed by atoms with Gasteiger partial charge in [0.25, 0.3) is 0 Å². The number of anilines is 3. The summed E-state index contributed by atoms with van der Waals surface area (Å²) in [6, 6.07) is 3.92. The van der Waals surface area contributed by atoms with Gasteiger partial charge in [-0.15, -0.1) is 0 Å². The van der Waals surface area contributed by atoms with E-state index in [4.69, 9.17) is 9.72 Å². The molecule has 3 aromatic heterocycles. The van der Waals surface area contributed by atoms with Crippen LogP contribution >= 0.6 is 0 Å². The summed E-state index contributed by atoms with van der Waals surface area (Å²) in [5.74, 6) is 1.91. The maximum atomic E-state index is 14.2. The average Bonchev–Trinajstić information content (AvgIpc) is 3.31. The van der Waals surface area contributed by atoms with Crippen molar-refractivity contribution in [1.82, 2.24) is 25.0 Å². The number of aryl methyl sites for hydroxylation is 2. The van der Waals surface area contributed by atoms with Crippen molar-refractivity contribution in [1.29, 1.82) is 0 Å². The number of nitrogens with one attached hydrogen (secondary N) is 2. The molecule has 0 unspecified atom stereocenters. The molecule has 1 fully saturated rings. The first kappa shape index (κ1) is 18.4. The third-order valence-corrected chi connectivity index (χ3v) is 5.04. The first-order chi connectivity index (χ1) is 13.6. The van der Waals surface area contributed by atoms with Gasteiger partial charge in [0.05, 0.1) is 37.3 Å². The van der Waals surface area contributed by atoms with Crippen molar-refractivity contribution < 1.29 is 9.13 Å². The SMILES string of the molecule is Cc1cnn(C)c1-c1cc(N2CCOC[C@H]2C)nc(Nc2ccn[nH]2)c1CF. The molecule has 0 saturated carbocycles. The zero-order valence-electron chi connectivity index (χ0n) is 16.2. The van der Waals surface area contributed by atoms with Crippen LogP contribution in [0.3, 0.4) is 0 Å². The van der Waals surface area contributed by atoms with Gasteiger partial charge < -0.3 is 15.0 Å².